The molecule has 0 spiro atoms. The van der Waals surface area contributed by atoms with Crippen LogP contribution in [0.15, 0.2) is 12.3 Å². The summed E-state index contributed by atoms with van der Waals surface area (Å²) in [7, 11) is -0.396. The molecule has 0 atom stereocenters. The van der Waals surface area contributed by atoms with Gasteiger partial charge in [-0.1, -0.05) is 0 Å². The predicted molar refractivity (Wildman–Crippen MR) is 98.8 cm³/mol. The van der Waals surface area contributed by atoms with Gasteiger partial charge in [0.2, 0.25) is 5.91 Å². The number of anilines is 1. The van der Waals surface area contributed by atoms with Crippen LogP contribution in [-0.4, -0.2) is 42.3 Å². The summed E-state index contributed by atoms with van der Waals surface area (Å²) in [5.74, 6) is 0.724. The summed E-state index contributed by atoms with van der Waals surface area (Å²) < 4.78 is 12.3. The highest BCUT2D eigenvalue weighted by atomic mass is 16.7. The Morgan fingerprint density at radius 3 is 2.28 bits per heavy atom. The van der Waals surface area contributed by atoms with E-state index in [2.05, 4.69) is 22.9 Å². The van der Waals surface area contributed by atoms with Crippen molar-refractivity contribution < 1.29 is 14.1 Å². The molecule has 1 aromatic rings. The fourth-order valence-electron chi connectivity index (χ4n) is 3.33. The third-order valence-corrected chi connectivity index (χ3v) is 5.87. The quantitative estimate of drug-likeness (QED) is 0.838. The number of piperidine rings is 1. The van der Waals surface area contributed by atoms with Crippen molar-refractivity contribution in [3.8, 4) is 0 Å². The number of pyridine rings is 1. The number of nitrogens with two attached hydrogens (primary N) is 1. The summed E-state index contributed by atoms with van der Waals surface area (Å²) in [6.45, 7) is 11.9. The first-order valence-corrected chi connectivity index (χ1v) is 8.97. The van der Waals surface area contributed by atoms with Gasteiger partial charge in [-0.15, -0.1) is 0 Å². The maximum absolute atomic E-state index is 11.3. The molecule has 0 aromatic carbocycles. The lowest BCUT2D eigenvalue weighted by molar-refractivity contribution is -0.122. The Morgan fingerprint density at radius 2 is 1.80 bits per heavy atom. The van der Waals surface area contributed by atoms with Gasteiger partial charge in [-0.25, -0.2) is 4.98 Å². The highest BCUT2D eigenvalue weighted by Crippen LogP contribution is 2.36. The molecule has 0 aliphatic carbocycles. The number of hydrogen-bond donors (Lipinski definition) is 1. The lowest BCUT2D eigenvalue weighted by atomic mass is 9.77. The first-order chi connectivity index (χ1) is 11.6. The third kappa shape index (κ3) is 3.40. The molecule has 3 rings (SSSR count). The monoisotopic (exact) mass is 345 g/mol. The van der Waals surface area contributed by atoms with Crippen LogP contribution in [0.3, 0.4) is 0 Å². The van der Waals surface area contributed by atoms with E-state index in [0.29, 0.717) is 0 Å². The molecule has 2 fully saturated rings. The molecule has 2 saturated heterocycles. The topological polar surface area (TPSA) is 77.7 Å². The maximum Gasteiger partial charge on any atom is 0.496 e. The minimum Gasteiger partial charge on any atom is -0.399 e. The maximum atomic E-state index is 11.3. The molecule has 1 amide bonds. The highest BCUT2D eigenvalue weighted by Gasteiger charge is 2.52. The summed E-state index contributed by atoms with van der Waals surface area (Å²) in [6.07, 6.45) is 3.43. The van der Waals surface area contributed by atoms with Crippen molar-refractivity contribution in [1.29, 1.82) is 0 Å². The molecule has 1 aromatic heterocycles. The van der Waals surface area contributed by atoms with E-state index in [1.165, 1.54) is 0 Å². The number of aryl methyl sites for hydroxylation is 1. The van der Waals surface area contributed by atoms with Crippen LogP contribution < -0.4 is 16.1 Å². The average Bonchev–Trinajstić information content (AvgIpc) is 2.75. The van der Waals surface area contributed by atoms with Crippen molar-refractivity contribution in [1.82, 2.24) is 4.98 Å². The van der Waals surface area contributed by atoms with Gasteiger partial charge >= 0.3 is 7.12 Å². The Labute approximate surface area is 150 Å². The molecule has 2 N–H and O–H groups in total. The van der Waals surface area contributed by atoms with Crippen LogP contribution in [0, 0.1) is 12.8 Å². The smallest absolute Gasteiger partial charge is 0.399 e. The Kier molecular flexibility index (Phi) is 4.58. The van der Waals surface area contributed by atoms with Crippen molar-refractivity contribution in [3.05, 3.63) is 17.8 Å². The van der Waals surface area contributed by atoms with E-state index in [1.54, 1.807) is 0 Å². The Balaban J connectivity index is 1.73. The lowest BCUT2D eigenvalue weighted by Crippen LogP contribution is -2.41. The van der Waals surface area contributed by atoms with Crippen molar-refractivity contribution in [2.45, 2.75) is 58.7 Å². The minimum absolute atomic E-state index is 0.0126. The average molecular weight is 345 g/mol. The number of primary amides is 1. The number of hydrogen-bond acceptors (Lipinski definition) is 5. The van der Waals surface area contributed by atoms with Gasteiger partial charge < -0.3 is 19.9 Å². The van der Waals surface area contributed by atoms with Gasteiger partial charge in [0.1, 0.15) is 5.82 Å². The molecule has 0 unspecified atom stereocenters. The summed E-state index contributed by atoms with van der Waals surface area (Å²) in [4.78, 5) is 18.1. The van der Waals surface area contributed by atoms with E-state index in [0.717, 1.165) is 42.8 Å². The van der Waals surface area contributed by atoms with Gasteiger partial charge in [0, 0.05) is 30.7 Å². The van der Waals surface area contributed by atoms with E-state index in [1.807, 2.05) is 33.9 Å². The van der Waals surface area contributed by atoms with Crippen molar-refractivity contribution in [2.24, 2.45) is 11.7 Å². The van der Waals surface area contributed by atoms with Gasteiger partial charge in [-0.2, -0.15) is 0 Å². The molecule has 2 aliphatic rings. The molecule has 0 radical (unpaired) electrons. The first kappa shape index (κ1) is 18.2. The second kappa shape index (κ2) is 6.29. The fraction of sp³-hybridized carbons (Fsp3) is 0.667. The number of carbonyl (C=O) groups excluding carboxylic acids is 1. The number of nitrogens with zero attached hydrogens (tertiary/aromatic N) is 2. The molecule has 0 saturated carbocycles. The molecule has 25 heavy (non-hydrogen) atoms. The standard InChI is InChI=1S/C18H28BN3O3/c1-12-10-15(22-8-6-13(7-9-22)16(20)23)21-11-14(12)19-24-17(2,3)18(4,5)25-19/h10-11,13H,6-9H2,1-5H3,(H2,20,23). The highest BCUT2D eigenvalue weighted by molar-refractivity contribution is 6.62. The molecule has 136 valence electrons. The summed E-state index contributed by atoms with van der Waals surface area (Å²) >= 11 is 0. The molecular weight excluding hydrogens is 317 g/mol. The zero-order chi connectivity index (χ0) is 18.4. The zero-order valence-electron chi connectivity index (χ0n) is 15.8. The summed E-state index contributed by atoms with van der Waals surface area (Å²) in [6, 6.07) is 2.07. The van der Waals surface area contributed by atoms with Crippen molar-refractivity contribution in [2.75, 3.05) is 18.0 Å². The third-order valence-electron chi connectivity index (χ3n) is 5.87. The Hall–Kier alpha value is -1.60. The van der Waals surface area contributed by atoms with Gasteiger partial charge in [0.25, 0.3) is 0 Å². The van der Waals surface area contributed by atoms with Gasteiger partial charge in [-0.05, 0) is 59.1 Å². The largest absolute Gasteiger partial charge is 0.496 e. The molecule has 3 heterocycles. The van der Waals surface area contributed by atoms with Crippen LogP contribution in [0.25, 0.3) is 0 Å². The minimum atomic E-state index is -0.396. The van der Waals surface area contributed by atoms with E-state index in [9.17, 15) is 4.79 Å². The van der Waals surface area contributed by atoms with E-state index in [4.69, 9.17) is 15.0 Å². The van der Waals surface area contributed by atoms with Crippen molar-refractivity contribution in [3.63, 3.8) is 0 Å². The van der Waals surface area contributed by atoms with Crippen molar-refractivity contribution >= 4 is 24.3 Å². The summed E-state index contributed by atoms with van der Waals surface area (Å²) in [5, 5.41) is 0. The van der Waals surface area contributed by atoms with Crippen LogP contribution in [0.5, 0.6) is 0 Å². The van der Waals surface area contributed by atoms with Crippen LogP contribution in [0.4, 0.5) is 5.82 Å². The molecule has 7 heteroatoms. The lowest BCUT2D eigenvalue weighted by Gasteiger charge is -2.32. The van der Waals surface area contributed by atoms with Gasteiger partial charge in [0.05, 0.1) is 11.2 Å². The number of amides is 1. The van der Waals surface area contributed by atoms with Crippen LogP contribution >= 0.6 is 0 Å². The van der Waals surface area contributed by atoms with Gasteiger partial charge in [0.15, 0.2) is 0 Å². The van der Waals surface area contributed by atoms with E-state index >= 15 is 0 Å². The number of carbonyl (C=O) groups is 1. The second-order valence-electron chi connectivity index (χ2n) is 8.15. The predicted octanol–water partition coefficient (Wildman–Crippen LogP) is 1.39. The van der Waals surface area contributed by atoms with Crippen LogP contribution in [0.2, 0.25) is 0 Å². The second-order valence-corrected chi connectivity index (χ2v) is 8.15. The normalized spacial score (nSPS) is 23.1. The van der Waals surface area contributed by atoms with Crippen LogP contribution in [-0.2, 0) is 14.1 Å². The van der Waals surface area contributed by atoms with E-state index in [-0.39, 0.29) is 23.0 Å². The first-order valence-electron chi connectivity index (χ1n) is 8.97. The SMILES string of the molecule is Cc1cc(N2CCC(C(N)=O)CC2)ncc1B1OC(C)(C)C(C)(C)O1. The molecular formula is C18H28BN3O3. The Morgan fingerprint density at radius 1 is 1.24 bits per heavy atom. The fourth-order valence-corrected chi connectivity index (χ4v) is 3.33. The number of rotatable bonds is 3. The van der Waals surface area contributed by atoms with E-state index < -0.39 is 7.12 Å². The summed E-state index contributed by atoms with van der Waals surface area (Å²) in [5.41, 5.74) is 6.75. The number of aromatic nitrogens is 1. The Bertz CT molecular complexity index is 654. The van der Waals surface area contributed by atoms with Gasteiger partial charge in [-0.3, -0.25) is 4.79 Å². The molecule has 2 aliphatic heterocycles. The zero-order valence-corrected chi connectivity index (χ0v) is 15.8. The molecule has 0 bridgehead atoms. The molecule has 6 nitrogen and oxygen atoms in total. The van der Waals surface area contributed by atoms with Crippen LogP contribution in [0.1, 0.15) is 46.1 Å².